The molecule has 0 atom stereocenters. The fraction of sp³-hybridized carbons (Fsp3) is 0.235. The molecule has 0 amide bonds. The van der Waals surface area contributed by atoms with Crippen molar-refractivity contribution in [2.24, 2.45) is 0 Å². The summed E-state index contributed by atoms with van der Waals surface area (Å²) in [4.78, 5) is 13.8. The smallest absolute Gasteiger partial charge is 0.230 e. The molecule has 1 aromatic carbocycles. The van der Waals surface area contributed by atoms with Gasteiger partial charge in [-0.05, 0) is 11.6 Å². The average molecular weight is 337 g/mol. The van der Waals surface area contributed by atoms with Gasteiger partial charge >= 0.3 is 0 Å². The molecule has 4 heterocycles. The third-order valence-electron chi connectivity index (χ3n) is 4.24. The highest BCUT2D eigenvalue weighted by Crippen LogP contribution is 2.35. The van der Waals surface area contributed by atoms with Gasteiger partial charge in [-0.1, -0.05) is 30.3 Å². The SMILES string of the molecule is c1ccc(-c2cc3c(nc(N4CCOCC4)n4ncnc34)s2)cc1. The Kier molecular flexibility index (Phi) is 3.20. The van der Waals surface area contributed by atoms with Crippen molar-refractivity contribution in [2.75, 3.05) is 31.2 Å². The molecule has 0 aliphatic carbocycles. The normalized spacial score (nSPS) is 15.4. The Morgan fingerprint density at radius 2 is 1.92 bits per heavy atom. The van der Waals surface area contributed by atoms with Crippen molar-refractivity contribution in [1.29, 1.82) is 0 Å². The first kappa shape index (κ1) is 13.9. The predicted octanol–water partition coefficient (Wildman–Crippen LogP) is 2.84. The highest BCUT2D eigenvalue weighted by atomic mass is 32.1. The zero-order valence-electron chi connectivity index (χ0n) is 12.9. The van der Waals surface area contributed by atoms with Crippen LogP contribution in [0, 0.1) is 0 Å². The minimum Gasteiger partial charge on any atom is -0.378 e. The fourth-order valence-electron chi connectivity index (χ4n) is 3.05. The molecule has 0 spiro atoms. The summed E-state index contributed by atoms with van der Waals surface area (Å²) in [5.41, 5.74) is 2.06. The number of fused-ring (bicyclic) bond motifs is 3. The maximum atomic E-state index is 5.45. The third-order valence-corrected chi connectivity index (χ3v) is 5.32. The molecule has 0 saturated carbocycles. The molecule has 7 heteroatoms. The fourth-order valence-corrected chi connectivity index (χ4v) is 4.07. The summed E-state index contributed by atoms with van der Waals surface area (Å²) >= 11 is 1.70. The van der Waals surface area contributed by atoms with E-state index in [2.05, 4.69) is 45.3 Å². The Labute approximate surface area is 142 Å². The summed E-state index contributed by atoms with van der Waals surface area (Å²) in [6, 6.07) is 12.5. The van der Waals surface area contributed by atoms with Crippen molar-refractivity contribution in [1.82, 2.24) is 19.6 Å². The average Bonchev–Trinajstić information content (AvgIpc) is 3.29. The molecule has 1 aliphatic rings. The molecule has 0 unspecified atom stereocenters. The van der Waals surface area contributed by atoms with Crippen LogP contribution in [-0.4, -0.2) is 45.9 Å². The molecule has 6 nitrogen and oxygen atoms in total. The number of hydrogen-bond donors (Lipinski definition) is 0. The maximum Gasteiger partial charge on any atom is 0.230 e. The highest BCUT2D eigenvalue weighted by Gasteiger charge is 2.20. The highest BCUT2D eigenvalue weighted by molar-refractivity contribution is 7.22. The van der Waals surface area contributed by atoms with Crippen LogP contribution in [0.15, 0.2) is 42.7 Å². The minimum absolute atomic E-state index is 0.718. The van der Waals surface area contributed by atoms with Crippen molar-refractivity contribution >= 4 is 33.1 Å². The van der Waals surface area contributed by atoms with Crippen LogP contribution >= 0.6 is 11.3 Å². The number of hydrogen-bond acceptors (Lipinski definition) is 6. The molecule has 1 fully saturated rings. The lowest BCUT2D eigenvalue weighted by atomic mass is 10.2. The quantitative estimate of drug-likeness (QED) is 0.563. The van der Waals surface area contributed by atoms with Gasteiger partial charge in [0.25, 0.3) is 0 Å². The summed E-state index contributed by atoms with van der Waals surface area (Å²) < 4.78 is 7.29. The van der Waals surface area contributed by atoms with Gasteiger partial charge in [-0.15, -0.1) is 11.3 Å². The van der Waals surface area contributed by atoms with Crippen LogP contribution in [0.25, 0.3) is 26.3 Å². The van der Waals surface area contributed by atoms with E-state index in [9.17, 15) is 0 Å². The van der Waals surface area contributed by atoms with E-state index in [0.29, 0.717) is 0 Å². The molecule has 5 rings (SSSR count). The molecule has 1 saturated heterocycles. The van der Waals surface area contributed by atoms with Gasteiger partial charge in [-0.2, -0.15) is 9.61 Å². The van der Waals surface area contributed by atoms with Crippen LogP contribution in [-0.2, 0) is 4.74 Å². The van der Waals surface area contributed by atoms with Gasteiger partial charge in [0.1, 0.15) is 11.2 Å². The van der Waals surface area contributed by atoms with Gasteiger partial charge < -0.3 is 9.64 Å². The Morgan fingerprint density at radius 1 is 1.08 bits per heavy atom. The van der Waals surface area contributed by atoms with E-state index in [1.807, 2.05) is 10.6 Å². The molecule has 0 radical (unpaired) electrons. The zero-order chi connectivity index (χ0) is 15.9. The number of ether oxygens (including phenoxy) is 1. The Balaban J connectivity index is 1.72. The Hall–Kier alpha value is -2.51. The lowest BCUT2D eigenvalue weighted by molar-refractivity contribution is 0.122. The van der Waals surface area contributed by atoms with Crippen LogP contribution in [0.5, 0.6) is 0 Å². The van der Waals surface area contributed by atoms with Crippen molar-refractivity contribution in [3.05, 3.63) is 42.7 Å². The van der Waals surface area contributed by atoms with Crippen molar-refractivity contribution in [2.45, 2.75) is 0 Å². The monoisotopic (exact) mass is 337 g/mol. The second kappa shape index (κ2) is 5.54. The van der Waals surface area contributed by atoms with Crippen LogP contribution in [0.1, 0.15) is 0 Å². The van der Waals surface area contributed by atoms with E-state index >= 15 is 0 Å². The molecule has 1 aliphatic heterocycles. The van der Waals surface area contributed by atoms with E-state index in [-0.39, 0.29) is 0 Å². The molecule has 3 aromatic heterocycles. The Bertz CT molecular complexity index is 1000. The first-order valence-electron chi connectivity index (χ1n) is 7.91. The number of benzene rings is 1. The summed E-state index contributed by atoms with van der Waals surface area (Å²) in [5.74, 6) is 0.847. The van der Waals surface area contributed by atoms with Crippen molar-refractivity contribution < 1.29 is 4.74 Å². The van der Waals surface area contributed by atoms with Crippen molar-refractivity contribution in [3.63, 3.8) is 0 Å². The molecule has 0 N–H and O–H groups in total. The second-order valence-corrected chi connectivity index (χ2v) is 6.73. The van der Waals surface area contributed by atoms with Crippen LogP contribution in [0.3, 0.4) is 0 Å². The maximum absolute atomic E-state index is 5.45. The number of thiophene rings is 1. The van der Waals surface area contributed by atoms with Gasteiger partial charge in [0, 0.05) is 18.0 Å². The van der Waals surface area contributed by atoms with E-state index in [1.54, 1.807) is 17.7 Å². The molecule has 0 bridgehead atoms. The summed E-state index contributed by atoms with van der Waals surface area (Å²) in [6.45, 7) is 3.08. The van der Waals surface area contributed by atoms with Crippen LogP contribution < -0.4 is 4.90 Å². The number of rotatable bonds is 2. The molecular weight excluding hydrogens is 322 g/mol. The van der Waals surface area contributed by atoms with Gasteiger partial charge in [0.2, 0.25) is 5.95 Å². The minimum atomic E-state index is 0.718. The van der Waals surface area contributed by atoms with E-state index in [4.69, 9.17) is 9.72 Å². The first-order chi connectivity index (χ1) is 11.9. The summed E-state index contributed by atoms with van der Waals surface area (Å²) in [5, 5.41) is 5.44. The molecule has 120 valence electrons. The second-order valence-electron chi connectivity index (χ2n) is 5.70. The topological polar surface area (TPSA) is 55.6 Å². The van der Waals surface area contributed by atoms with Gasteiger partial charge in [0.15, 0.2) is 5.65 Å². The number of morpholine rings is 1. The van der Waals surface area contributed by atoms with Gasteiger partial charge in [-0.25, -0.2) is 9.97 Å². The lowest BCUT2D eigenvalue weighted by Gasteiger charge is -2.27. The zero-order valence-corrected chi connectivity index (χ0v) is 13.7. The van der Waals surface area contributed by atoms with E-state index < -0.39 is 0 Å². The molecule has 4 aromatic rings. The van der Waals surface area contributed by atoms with E-state index in [1.165, 1.54) is 10.4 Å². The lowest BCUT2D eigenvalue weighted by Crippen LogP contribution is -2.38. The molecular formula is C17H15N5OS. The standard InChI is InChI=1S/C17H15N5OS/c1-2-4-12(5-3-1)14-10-13-15-18-11-19-22(15)17(20-16(13)24-14)21-6-8-23-9-7-21/h1-5,10-11H,6-9H2. The third kappa shape index (κ3) is 2.16. The number of nitrogens with zero attached hydrogens (tertiary/aromatic N) is 5. The van der Waals surface area contributed by atoms with Crippen LogP contribution in [0.2, 0.25) is 0 Å². The van der Waals surface area contributed by atoms with Gasteiger partial charge in [0.05, 0.1) is 18.6 Å². The number of aromatic nitrogens is 4. The largest absolute Gasteiger partial charge is 0.378 e. The van der Waals surface area contributed by atoms with Crippen molar-refractivity contribution in [3.8, 4) is 10.4 Å². The summed E-state index contributed by atoms with van der Waals surface area (Å²) in [6.07, 6.45) is 1.60. The summed E-state index contributed by atoms with van der Waals surface area (Å²) in [7, 11) is 0. The molecule has 24 heavy (non-hydrogen) atoms. The number of anilines is 1. The van der Waals surface area contributed by atoms with Gasteiger partial charge in [-0.3, -0.25) is 0 Å². The van der Waals surface area contributed by atoms with E-state index in [0.717, 1.165) is 48.1 Å². The Morgan fingerprint density at radius 3 is 2.75 bits per heavy atom. The predicted molar refractivity (Wildman–Crippen MR) is 94.6 cm³/mol. The first-order valence-corrected chi connectivity index (χ1v) is 8.73. The van der Waals surface area contributed by atoms with Crippen LogP contribution in [0.4, 0.5) is 5.95 Å².